The topological polar surface area (TPSA) is 85.2 Å². The van der Waals surface area contributed by atoms with Crippen LogP contribution in [0.2, 0.25) is 10.0 Å². The predicted molar refractivity (Wildman–Crippen MR) is 137 cm³/mol. The fourth-order valence-corrected chi connectivity index (χ4v) is 5.31. The third-order valence-electron chi connectivity index (χ3n) is 6.43. The van der Waals surface area contributed by atoms with E-state index in [2.05, 4.69) is 16.7 Å². The molecular weight excluding hydrogens is 507 g/mol. The number of benzene rings is 2. The molecule has 3 N–H and O–H groups in total. The number of amides is 1. The maximum absolute atomic E-state index is 15.5. The van der Waals surface area contributed by atoms with Crippen molar-refractivity contribution in [3.05, 3.63) is 69.2 Å². The van der Waals surface area contributed by atoms with Crippen LogP contribution in [0.5, 0.6) is 0 Å². The number of nitrogens with one attached hydrogen (secondary N) is 2. The van der Waals surface area contributed by atoms with Crippen LogP contribution in [0.4, 0.5) is 8.78 Å². The highest BCUT2D eigenvalue weighted by Gasteiger charge is 2.61. The van der Waals surface area contributed by atoms with Gasteiger partial charge in [0.2, 0.25) is 5.91 Å². The molecule has 0 aromatic heterocycles. The molecule has 2 aromatic rings. The lowest BCUT2D eigenvalue weighted by molar-refractivity contribution is -0.124. The van der Waals surface area contributed by atoms with Gasteiger partial charge in [-0.15, -0.1) is 0 Å². The second-order valence-corrected chi connectivity index (χ2v) is 12.1. The molecule has 1 fully saturated rings. The quantitative estimate of drug-likeness (QED) is 0.455. The molecule has 0 radical (unpaired) electrons. The first-order chi connectivity index (χ1) is 16.6. The smallest absolute Gasteiger partial charge is 0.237 e. The van der Waals surface area contributed by atoms with Crippen molar-refractivity contribution in [3.8, 4) is 6.07 Å². The maximum Gasteiger partial charge on any atom is 0.237 e. The number of rotatable bonds is 6. The monoisotopic (exact) mass is 537 g/mol. The Balaban J connectivity index is 2.31. The van der Waals surface area contributed by atoms with E-state index in [1.807, 2.05) is 20.8 Å². The molecular formula is C27H31Cl2F2N3O2. The molecule has 0 unspecified atom stereocenters. The minimum absolute atomic E-state index is 0.0123. The summed E-state index contributed by atoms with van der Waals surface area (Å²) in [5.41, 5.74) is -3.20. The van der Waals surface area contributed by atoms with Crippen LogP contribution in [0.3, 0.4) is 0 Å². The third-order valence-corrected chi connectivity index (χ3v) is 6.95. The normalized spacial score (nSPS) is 24.4. The molecule has 194 valence electrons. The van der Waals surface area contributed by atoms with Gasteiger partial charge in [0, 0.05) is 29.1 Å². The average Bonchev–Trinajstić information content (AvgIpc) is 3.06. The first-order valence-corrected chi connectivity index (χ1v) is 12.4. The van der Waals surface area contributed by atoms with E-state index < -0.39 is 46.6 Å². The van der Waals surface area contributed by atoms with Gasteiger partial charge in [-0.05, 0) is 49.4 Å². The summed E-state index contributed by atoms with van der Waals surface area (Å²) in [5.74, 6) is -3.20. The van der Waals surface area contributed by atoms with E-state index in [0.717, 1.165) is 6.07 Å². The predicted octanol–water partition coefficient (Wildman–Crippen LogP) is 5.48. The molecule has 9 heteroatoms. The molecule has 0 aliphatic carbocycles. The summed E-state index contributed by atoms with van der Waals surface area (Å²) < 4.78 is 31.1. The van der Waals surface area contributed by atoms with E-state index in [4.69, 9.17) is 23.2 Å². The van der Waals surface area contributed by atoms with E-state index in [1.54, 1.807) is 0 Å². The molecule has 1 aliphatic rings. The molecule has 0 spiro atoms. The van der Waals surface area contributed by atoms with Crippen molar-refractivity contribution in [2.24, 2.45) is 5.41 Å². The minimum atomic E-state index is -1.69. The van der Waals surface area contributed by atoms with Crippen LogP contribution < -0.4 is 10.6 Å². The lowest BCUT2D eigenvalue weighted by atomic mass is 9.62. The number of carbonyl (C=O) groups is 1. The van der Waals surface area contributed by atoms with E-state index >= 15 is 8.78 Å². The van der Waals surface area contributed by atoms with Crippen molar-refractivity contribution in [1.82, 2.24) is 10.6 Å². The first kappa shape index (κ1) is 28.3. The molecule has 1 amide bonds. The number of hydrogen-bond donors (Lipinski definition) is 3. The number of nitriles is 1. The number of carbonyl (C=O) groups excluding carboxylic acids is 1. The van der Waals surface area contributed by atoms with Gasteiger partial charge in [0.15, 0.2) is 0 Å². The third kappa shape index (κ3) is 5.68. The number of nitrogens with zero attached hydrogens (tertiary/aromatic N) is 1. The van der Waals surface area contributed by atoms with Gasteiger partial charge in [-0.25, -0.2) is 8.78 Å². The molecule has 1 saturated heterocycles. The average molecular weight is 538 g/mol. The van der Waals surface area contributed by atoms with Crippen LogP contribution in [0.1, 0.15) is 58.1 Å². The molecule has 0 bridgehead atoms. The highest BCUT2D eigenvalue weighted by Crippen LogP contribution is 2.52. The van der Waals surface area contributed by atoms with Crippen LogP contribution in [0, 0.1) is 28.4 Å². The largest absolute Gasteiger partial charge is 0.389 e. The highest BCUT2D eigenvalue weighted by atomic mass is 35.5. The van der Waals surface area contributed by atoms with E-state index in [1.165, 1.54) is 44.2 Å². The molecule has 5 nitrogen and oxygen atoms in total. The zero-order chi connectivity index (χ0) is 27.1. The molecule has 36 heavy (non-hydrogen) atoms. The van der Waals surface area contributed by atoms with Crippen molar-refractivity contribution < 1.29 is 18.7 Å². The number of halogens is 4. The van der Waals surface area contributed by atoms with Gasteiger partial charge in [0.1, 0.15) is 17.0 Å². The fraction of sp³-hybridized carbons (Fsp3) is 0.481. The van der Waals surface area contributed by atoms with E-state index in [0.29, 0.717) is 6.42 Å². The lowest BCUT2D eigenvalue weighted by Crippen LogP contribution is -2.49. The van der Waals surface area contributed by atoms with Crippen LogP contribution in [-0.4, -0.2) is 35.2 Å². The Labute approximate surface area is 220 Å². The number of hydrogen-bond acceptors (Lipinski definition) is 4. The molecule has 1 aliphatic heterocycles. The number of aliphatic hydroxyl groups is 1. The molecule has 1 heterocycles. The second-order valence-electron chi connectivity index (χ2n) is 11.2. The molecule has 4 atom stereocenters. The van der Waals surface area contributed by atoms with Crippen molar-refractivity contribution in [1.29, 1.82) is 5.26 Å². The summed E-state index contributed by atoms with van der Waals surface area (Å²) in [6.45, 7) is 8.89. The molecule has 3 rings (SSSR count). The second kappa shape index (κ2) is 10.3. The van der Waals surface area contributed by atoms with Gasteiger partial charge in [0.25, 0.3) is 0 Å². The van der Waals surface area contributed by atoms with Crippen LogP contribution in [0.25, 0.3) is 0 Å². The van der Waals surface area contributed by atoms with Gasteiger partial charge < -0.3 is 15.7 Å². The highest BCUT2D eigenvalue weighted by molar-refractivity contribution is 6.31. The summed E-state index contributed by atoms with van der Waals surface area (Å²) in [5, 5.41) is 26.8. The van der Waals surface area contributed by atoms with Gasteiger partial charge in [-0.3, -0.25) is 4.79 Å². The lowest BCUT2D eigenvalue weighted by Gasteiger charge is -2.37. The standard InChI is InChI=1S/C27H31Cl2F2N3O2/c1-25(2,3)12-20-27(13-32,17-10-9-15(28)11-19(17)30)21(16-7-6-8-18(29)22(16)31)23(34-20)24(35)33-14-26(4,5)36/h6-11,20-21,23,34,36H,12,14H2,1-5H3,(H,33,35)/t20-,21-,23+,27-/m0/s1. The fourth-order valence-electron chi connectivity index (χ4n) is 4.97. The maximum atomic E-state index is 15.5. The van der Waals surface area contributed by atoms with Crippen molar-refractivity contribution in [2.45, 2.75) is 70.1 Å². The summed E-state index contributed by atoms with van der Waals surface area (Å²) in [7, 11) is 0. The Morgan fingerprint density at radius 2 is 1.86 bits per heavy atom. The molecule has 0 saturated carbocycles. The van der Waals surface area contributed by atoms with Crippen LogP contribution >= 0.6 is 23.2 Å². The van der Waals surface area contributed by atoms with Crippen LogP contribution in [-0.2, 0) is 10.2 Å². The van der Waals surface area contributed by atoms with Crippen LogP contribution in [0.15, 0.2) is 36.4 Å². The summed E-state index contributed by atoms with van der Waals surface area (Å²) in [6.07, 6.45) is 0.372. The summed E-state index contributed by atoms with van der Waals surface area (Å²) >= 11 is 12.1. The Bertz CT molecular complexity index is 1190. The Kier molecular flexibility index (Phi) is 8.07. The van der Waals surface area contributed by atoms with Crippen molar-refractivity contribution in [2.75, 3.05) is 6.54 Å². The van der Waals surface area contributed by atoms with Gasteiger partial charge in [-0.1, -0.05) is 62.2 Å². The zero-order valence-corrected chi connectivity index (χ0v) is 22.4. The summed E-state index contributed by atoms with van der Waals surface area (Å²) in [6, 6.07) is 8.80. The van der Waals surface area contributed by atoms with Gasteiger partial charge in [-0.2, -0.15) is 5.26 Å². The Morgan fingerprint density at radius 3 is 2.42 bits per heavy atom. The Morgan fingerprint density at radius 1 is 1.19 bits per heavy atom. The SMILES string of the molecule is CC(C)(C)C[C@@H]1N[C@@H](C(=O)NCC(C)(C)O)[C@H](c2cccc(Cl)c2F)[C@@]1(C#N)c1ccc(Cl)cc1F. The van der Waals surface area contributed by atoms with Crippen molar-refractivity contribution in [3.63, 3.8) is 0 Å². The molecule has 2 aromatic carbocycles. The van der Waals surface area contributed by atoms with E-state index in [9.17, 15) is 15.2 Å². The minimum Gasteiger partial charge on any atom is -0.389 e. The van der Waals surface area contributed by atoms with Gasteiger partial charge >= 0.3 is 0 Å². The van der Waals surface area contributed by atoms with Crippen molar-refractivity contribution >= 4 is 29.1 Å². The first-order valence-electron chi connectivity index (χ1n) is 11.7. The summed E-state index contributed by atoms with van der Waals surface area (Å²) in [4.78, 5) is 13.5. The van der Waals surface area contributed by atoms with Gasteiger partial charge in [0.05, 0.1) is 22.7 Å². The van der Waals surface area contributed by atoms with E-state index in [-0.39, 0.29) is 33.1 Å². The Hall–Kier alpha value is -2.24. The zero-order valence-electron chi connectivity index (χ0n) is 20.9.